The number of hydrogen-bond acceptors (Lipinski definition) is 2. The lowest BCUT2D eigenvalue weighted by atomic mass is 10.00. The lowest BCUT2D eigenvalue weighted by Crippen LogP contribution is -1.96. The van der Waals surface area contributed by atoms with Crippen LogP contribution in [0, 0.1) is 6.92 Å². The molecule has 0 bridgehead atoms. The van der Waals surface area contributed by atoms with Gasteiger partial charge in [-0.1, -0.05) is 37.6 Å². The van der Waals surface area contributed by atoms with E-state index < -0.39 is 5.97 Å². The molecule has 2 rings (SSSR count). The Kier molecular flexibility index (Phi) is 3.82. The molecule has 0 fully saturated rings. The quantitative estimate of drug-likeness (QED) is 0.886. The Bertz CT molecular complexity index is 552. The molecule has 0 unspecified atom stereocenters. The average molecular weight is 260 g/mol. The van der Waals surface area contributed by atoms with Gasteiger partial charge in [-0.25, -0.2) is 4.79 Å². The first kappa shape index (κ1) is 12.8. The summed E-state index contributed by atoms with van der Waals surface area (Å²) in [5, 5.41) is 10.9. The van der Waals surface area contributed by atoms with Gasteiger partial charge in [-0.3, -0.25) is 0 Å². The smallest absolute Gasteiger partial charge is 0.337 e. The standard InChI is InChI=1S/C15H16O2S/c1-3-4-11-5-7-12(8-6-11)14-10(2)18-9-13(14)15(16)17/h5-9H,3-4H2,1-2H3,(H,16,17). The van der Waals surface area contributed by atoms with Crippen molar-refractivity contribution in [1.29, 1.82) is 0 Å². The summed E-state index contributed by atoms with van der Waals surface area (Å²) in [4.78, 5) is 12.2. The largest absolute Gasteiger partial charge is 0.478 e. The number of benzene rings is 1. The molecule has 0 aliphatic carbocycles. The van der Waals surface area contributed by atoms with Crippen LogP contribution in [-0.2, 0) is 6.42 Å². The number of hydrogen-bond donors (Lipinski definition) is 1. The number of aromatic carboxylic acids is 1. The predicted molar refractivity (Wildman–Crippen MR) is 75.4 cm³/mol. The van der Waals surface area contributed by atoms with Crippen LogP contribution in [0.2, 0.25) is 0 Å². The molecule has 0 aliphatic heterocycles. The van der Waals surface area contributed by atoms with Crippen LogP contribution in [0.4, 0.5) is 0 Å². The lowest BCUT2D eigenvalue weighted by Gasteiger charge is -2.05. The molecule has 1 aromatic heterocycles. The SMILES string of the molecule is CCCc1ccc(-c2c(C(=O)O)csc2C)cc1. The van der Waals surface area contributed by atoms with Crippen LogP contribution in [0.5, 0.6) is 0 Å². The van der Waals surface area contributed by atoms with Crippen molar-refractivity contribution in [2.45, 2.75) is 26.7 Å². The summed E-state index contributed by atoms with van der Waals surface area (Å²) in [5.74, 6) is -0.855. The van der Waals surface area contributed by atoms with Crippen LogP contribution in [0.3, 0.4) is 0 Å². The molecule has 1 N–H and O–H groups in total. The van der Waals surface area contributed by atoms with Gasteiger partial charge >= 0.3 is 5.97 Å². The molecular formula is C15H16O2S. The van der Waals surface area contributed by atoms with Gasteiger partial charge in [-0.05, 0) is 24.5 Å². The third kappa shape index (κ3) is 2.46. The second-order valence-corrected chi connectivity index (χ2v) is 5.42. The summed E-state index contributed by atoms with van der Waals surface area (Å²) in [6, 6.07) is 8.21. The van der Waals surface area contributed by atoms with Crippen LogP contribution in [0.1, 0.15) is 34.1 Å². The Hall–Kier alpha value is -1.61. The molecule has 3 heteroatoms. The summed E-state index contributed by atoms with van der Waals surface area (Å²) in [5.41, 5.74) is 3.55. The van der Waals surface area contributed by atoms with Gasteiger partial charge in [-0.2, -0.15) is 0 Å². The van der Waals surface area contributed by atoms with Gasteiger partial charge in [0.25, 0.3) is 0 Å². The van der Waals surface area contributed by atoms with Crippen LogP contribution in [0.15, 0.2) is 29.6 Å². The Morgan fingerprint density at radius 1 is 1.28 bits per heavy atom. The van der Waals surface area contributed by atoms with Crippen LogP contribution < -0.4 is 0 Å². The highest BCUT2D eigenvalue weighted by molar-refractivity contribution is 7.10. The van der Waals surface area contributed by atoms with Crippen molar-refractivity contribution in [3.05, 3.63) is 45.6 Å². The van der Waals surface area contributed by atoms with Crippen LogP contribution in [0.25, 0.3) is 11.1 Å². The highest BCUT2D eigenvalue weighted by Gasteiger charge is 2.15. The molecule has 0 saturated carbocycles. The minimum atomic E-state index is -0.855. The normalized spacial score (nSPS) is 10.6. The van der Waals surface area contributed by atoms with Crippen molar-refractivity contribution in [3.8, 4) is 11.1 Å². The van der Waals surface area contributed by atoms with Gasteiger partial charge in [0.2, 0.25) is 0 Å². The summed E-state index contributed by atoms with van der Waals surface area (Å²) < 4.78 is 0. The second-order valence-electron chi connectivity index (χ2n) is 4.33. The van der Waals surface area contributed by atoms with Gasteiger partial charge < -0.3 is 5.11 Å². The van der Waals surface area contributed by atoms with E-state index in [4.69, 9.17) is 0 Å². The monoisotopic (exact) mass is 260 g/mol. The van der Waals surface area contributed by atoms with Crippen molar-refractivity contribution >= 4 is 17.3 Å². The third-order valence-electron chi connectivity index (χ3n) is 2.99. The van der Waals surface area contributed by atoms with E-state index in [9.17, 15) is 9.90 Å². The topological polar surface area (TPSA) is 37.3 Å². The first-order valence-corrected chi connectivity index (χ1v) is 6.92. The zero-order chi connectivity index (χ0) is 13.1. The molecule has 1 heterocycles. The van der Waals surface area contributed by atoms with Gasteiger partial charge in [0.05, 0.1) is 5.56 Å². The van der Waals surface area contributed by atoms with Crippen LogP contribution in [-0.4, -0.2) is 11.1 Å². The fourth-order valence-corrected chi connectivity index (χ4v) is 2.96. The van der Waals surface area contributed by atoms with Gasteiger partial charge in [-0.15, -0.1) is 11.3 Å². The minimum absolute atomic E-state index is 0.403. The second kappa shape index (κ2) is 5.36. The van der Waals surface area contributed by atoms with Crippen molar-refractivity contribution in [2.75, 3.05) is 0 Å². The Morgan fingerprint density at radius 2 is 1.94 bits per heavy atom. The number of thiophene rings is 1. The van der Waals surface area contributed by atoms with Crippen LogP contribution >= 0.6 is 11.3 Å². The fourth-order valence-electron chi connectivity index (χ4n) is 2.10. The number of rotatable bonds is 4. The lowest BCUT2D eigenvalue weighted by molar-refractivity contribution is 0.0698. The van der Waals surface area contributed by atoms with Gasteiger partial charge in [0.1, 0.15) is 0 Å². The summed E-state index contributed by atoms with van der Waals surface area (Å²) >= 11 is 1.49. The molecule has 2 nitrogen and oxygen atoms in total. The highest BCUT2D eigenvalue weighted by Crippen LogP contribution is 2.32. The molecule has 18 heavy (non-hydrogen) atoms. The maximum Gasteiger partial charge on any atom is 0.337 e. The number of aryl methyl sites for hydroxylation is 2. The molecule has 0 amide bonds. The first-order chi connectivity index (χ1) is 8.63. The summed E-state index contributed by atoms with van der Waals surface area (Å²) in [6.07, 6.45) is 2.19. The van der Waals surface area contributed by atoms with E-state index in [-0.39, 0.29) is 0 Å². The molecule has 0 aliphatic rings. The molecule has 0 spiro atoms. The number of carbonyl (C=O) groups is 1. The fraction of sp³-hybridized carbons (Fsp3) is 0.267. The van der Waals surface area contributed by atoms with Crippen molar-refractivity contribution in [1.82, 2.24) is 0 Å². The maximum atomic E-state index is 11.2. The van der Waals surface area contributed by atoms with Gasteiger partial charge in [0, 0.05) is 15.8 Å². The van der Waals surface area contributed by atoms with E-state index in [2.05, 4.69) is 19.1 Å². The van der Waals surface area contributed by atoms with Crippen molar-refractivity contribution < 1.29 is 9.90 Å². The zero-order valence-corrected chi connectivity index (χ0v) is 11.4. The van der Waals surface area contributed by atoms with E-state index in [1.54, 1.807) is 5.38 Å². The van der Waals surface area contributed by atoms with Crippen molar-refractivity contribution in [3.63, 3.8) is 0 Å². The summed E-state index contributed by atoms with van der Waals surface area (Å²) in [6.45, 7) is 4.12. The number of carboxylic acid groups (broad SMARTS) is 1. The third-order valence-corrected chi connectivity index (χ3v) is 3.90. The Labute approximate surface area is 111 Å². The molecule has 2 aromatic rings. The van der Waals surface area contributed by atoms with E-state index in [1.807, 2.05) is 19.1 Å². The minimum Gasteiger partial charge on any atom is -0.478 e. The first-order valence-electron chi connectivity index (χ1n) is 6.04. The molecule has 1 aromatic carbocycles. The van der Waals surface area contributed by atoms with E-state index in [0.717, 1.165) is 28.8 Å². The maximum absolute atomic E-state index is 11.2. The van der Waals surface area contributed by atoms with Crippen molar-refractivity contribution in [2.24, 2.45) is 0 Å². The molecule has 0 atom stereocenters. The molecule has 0 saturated heterocycles. The molecule has 0 radical (unpaired) electrons. The van der Waals surface area contributed by atoms with Gasteiger partial charge in [0.15, 0.2) is 0 Å². The zero-order valence-electron chi connectivity index (χ0n) is 10.6. The Morgan fingerprint density at radius 3 is 2.50 bits per heavy atom. The number of carboxylic acids is 1. The predicted octanol–water partition coefficient (Wildman–Crippen LogP) is 4.37. The average Bonchev–Trinajstić information content (AvgIpc) is 2.73. The summed E-state index contributed by atoms with van der Waals surface area (Å²) in [7, 11) is 0. The molecular weight excluding hydrogens is 244 g/mol. The highest BCUT2D eigenvalue weighted by atomic mass is 32.1. The molecule has 94 valence electrons. The van der Waals surface area contributed by atoms with E-state index >= 15 is 0 Å². The van der Waals surface area contributed by atoms with E-state index in [1.165, 1.54) is 16.9 Å². The Balaban J connectivity index is 2.42. The van der Waals surface area contributed by atoms with E-state index in [0.29, 0.717) is 5.56 Å².